The van der Waals surface area contributed by atoms with E-state index in [0.29, 0.717) is 19.3 Å². The first-order valence-corrected chi connectivity index (χ1v) is 8.35. The van der Waals surface area contributed by atoms with E-state index >= 15 is 0 Å². The molecule has 0 aliphatic heterocycles. The van der Waals surface area contributed by atoms with E-state index in [1.807, 2.05) is 43.3 Å². The van der Waals surface area contributed by atoms with Crippen LogP contribution in [0.5, 0.6) is 0 Å². The van der Waals surface area contributed by atoms with Crippen molar-refractivity contribution < 1.29 is 18.0 Å². The fourth-order valence-corrected chi connectivity index (χ4v) is 3.37. The third-order valence-corrected chi connectivity index (χ3v) is 4.58. The Morgan fingerprint density at radius 1 is 1.17 bits per heavy atom. The van der Waals surface area contributed by atoms with E-state index in [-0.39, 0.29) is 13.0 Å². The number of carbonyl (C=O) groups excluding carboxylic acids is 1. The van der Waals surface area contributed by atoms with E-state index in [1.165, 1.54) is 0 Å². The smallest absolute Gasteiger partial charge is 0.352 e. The van der Waals surface area contributed by atoms with E-state index in [0.717, 1.165) is 17.7 Å². The van der Waals surface area contributed by atoms with E-state index in [1.54, 1.807) is 0 Å². The fraction of sp³-hybridized carbons (Fsp3) is 0.611. The van der Waals surface area contributed by atoms with E-state index in [9.17, 15) is 18.0 Å². The van der Waals surface area contributed by atoms with Crippen LogP contribution in [0.4, 0.5) is 13.2 Å². The van der Waals surface area contributed by atoms with Gasteiger partial charge >= 0.3 is 6.18 Å². The summed E-state index contributed by atoms with van der Waals surface area (Å²) in [6.45, 7) is 0.991. The predicted octanol–water partition coefficient (Wildman–Crippen LogP) is 3.73. The molecule has 1 aromatic rings. The number of hydrogen-bond donors (Lipinski definition) is 1. The van der Waals surface area contributed by atoms with Gasteiger partial charge in [-0.25, -0.2) is 0 Å². The number of amides is 1. The first-order valence-electron chi connectivity index (χ1n) is 8.35. The molecule has 2 atom stereocenters. The van der Waals surface area contributed by atoms with Crippen LogP contribution in [-0.4, -0.2) is 31.1 Å². The zero-order valence-electron chi connectivity index (χ0n) is 14.2. The van der Waals surface area contributed by atoms with Gasteiger partial charge in [-0.3, -0.25) is 4.79 Å². The molecule has 1 aliphatic rings. The molecule has 24 heavy (non-hydrogen) atoms. The van der Waals surface area contributed by atoms with Crippen LogP contribution >= 0.6 is 0 Å². The van der Waals surface area contributed by atoms with Crippen molar-refractivity contribution in [1.82, 2.24) is 10.2 Å². The number of hydrogen-bond acceptors (Lipinski definition) is 2. The van der Waals surface area contributed by atoms with Gasteiger partial charge in [-0.2, -0.15) is 13.2 Å². The highest BCUT2D eigenvalue weighted by atomic mass is 19.4. The highest BCUT2D eigenvalue weighted by molar-refractivity contribution is 5.79. The molecule has 134 valence electrons. The van der Waals surface area contributed by atoms with Crippen molar-refractivity contribution in [3.05, 3.63) is 35.4 Å². The van der Waals surface area contributed by atoms with Crippen LogP contribution in [0, 0.1) is 11.8 Å². The number of rotatable bonds is 5. The lowest BCUT2D eigenvalue weighted by atomic mass is 9.78. The molecule has 0 unspecified atom stereocenters. The lowest BCUT2D eigenvalue weighted by molar-refractivity contribution is -0.198. The average molecular weight is 342 g/mol. The van der Waals surface area contributed by atoms with Crippen molar-refractivity contribution in [2.45, 2.75) is 44.9 Å². The summed E-state index contributed by atoms with van der Waals surface area (Å²) >= 11 is 0. The third kappa shape index (κ3) is 4.97. The summed E-state index contributed by atoms with van der Waals surface area (Å²) in [5.74, 6) is -2.94. The second kappa shape index (κ2) is 8.01. The molecule has 6 heteroatoms. The van der Waals surface area contributed by atoms with Gasteiger partial charge in [-0.05, 0) is 38.1 Å². The summed E-state index contributed by atoms with van der Waals surface area (Å²) < 4.78 is 39.4. The minimum Gasteiger partial charge on any atom is -0.352 e. The van der Waals surface area contributed by atoms with Gasteiger partial charge in [0.25, 0.3) is 0 Å². The molecule has 0 heterocycles. The zero-order valence-corrected chi connectivity index (χ0v) is 14.2. The number of nitrogens with one attached hydrogen (secondary N) is 1. The molecule has 1 saturated carbocycles. The van der Waals surface area contributed by atoms with Crippen molar-refractivity contribution in [2.75, 3.05) is 14.1 Å². The van der Waals surface area contributed by atoms with Crippen LogP contribution in [0.15, 0.2) is 24.3 Å². The molecule has 1 aliphatic carbocycles. The SMILES string of the molecule is CN(C)Cc1ccccc1CNC(=O)[C@H]1CCCC[C@H]1C(F)(F)F. The molecule has 0 spiro atoms. The third-order valence-electron chi connectivity index (χ3n) is 4.58. The Hall–Kier alpha value is -1.56. The van der Waals surface area contributed by atoms with Gasteiger partial charge in [0.1, 0.15) is 0 Å². The lowest BCUT2D eigenvalue weighted by Gasteiger charge is -2.32. The van der Waals surface area contributed by atoms with Crippen molar-refractivity contribution >= 4 is 5.91 Å². The molecular weight excluding hydrogens is 317 g/mol. The van der Waals surface area contributed by atoms with Crippen LogP contribution < -0.4 is 5.32 Å². The van der Waals surface area contributed by atoms with E-state index in [2.05, 4.69) is 5.32 Å². The number of benzene rings is 1. The Kier molecular flexibility index (Phi) is 6.27. The summed E-state index contributed by atoms with van der Waals surface area (Å²) in [5, 5.41) is 2.73. The monoisotopic (exact) mass is 342 g/mol. The Bertz CT molecular complexity index is 557. The summed E-state index contributed by atoms with van der Waals surface area (Å²) in [4.78, 5) is 14.4. The second-order valence-corrected chi connectivity index (χ2v) is 6.76. The topological polar surface area (TPSA) is 32.3 Å². The van der Waals surface area contributed by atoms with Crippen molar-refractivity contribution in [1.29, 1.82) is 0 Å². The van der Waals surface area contributed by atoms with Crippen LogP contribution in [0.2, 0.25) is 0 Å². The average Bonchev–Trinajstić information content (AvgIpc) is 2.52. The molecule has 0 aromatic heterocycles. The van der Waals surface area contributed by atoms with Gasteiger partial charge in [0.05, 0.1) is 5.92 Å². The first-order chi connectivity index (χ1) is 11.3. The van der Waals surface area contributed by atoms with Gasteiger partial charge in [-0.1, -0.05) is 37.1 Å². The Balaban J connectivity index is 2.02. The number of carbonyl (C=O) groups is 1. The summed E-state index contributed by atoms with van der Waals surface area (Å²) in [6.07, 6.45) is -2.71. The van der Waals surface area contributed by atoms with Gasteiger partial charge < -0.3 is 10.2 Å². The Morgan fingerprint density at radius 3 is 2.42 bits per heavy atom. The summed E-state index contributed by atoms with van der Waals surface area (Å²) in [5.41, 5.74) is 2.01. The maximum absolute atomic E-state index is 13.1. The Labute approximate surface area is 141 Å². The number of halogens is 3. The van der Waals surface area contributed by atoms with Crippen LogP contribution in [0.25, 0.3) is 0 Å². The van der Waals surface area contributed by atoms with E-state index < -0.39 is 23.9 Å². The molecule has 0 bridgehead atoms. The highest BCUT2D eigenvalue weighted by Gasteiger charge is 2.47. The van der Waals surface area contributed by atoms with Crippen molar-refractivity contribution in [3.63, 3.8) is 0 Å². The molecule has 1 amide bonds. The Morgan fingerprint density at radius 2 is 1.79 bits per heavy atom. The van der Waals surface area contributed by atoms with Gasteiger partial charge in [0.15, 0.2) is 0 Å². The second-order valence-electron chi connectivity index (χ2n) is 6.76. The van der Waals surface area contributed by atoms with Crippen molar-refractivity contribution in [3.8, 4) is 0 Å². The number of nitrogens with zero attached hydrogens (tertiary/aromatic N) is 1. The maximum atomic E-state index is 13.1. The minimum absolute atomic E-state index is 0.0544. The molecule has 0 radical (unpaired) electrons. The molecule has 3 nitrogen and oxygen atoms in total. The lowest BCUT2D eigenvalue weighted by Crippen LogP contribution is -2.42. The normalized spacial score (nSPS) is 21.8. The minimum atomic E-state index is -4.30. The zero-order chi connectivity index (χ0) is 17.7. The first kappa shape index (κ1) is 18.8. The quantitative estimate of drug-likeness (QED) is 0.884. The molecule has 2 rings (SSSR count). The van der Waals surface area contributed by atoms with Crippen molar-refractivity contribution in [2.24, 2.45) is 11.8 Å². The van der Waals surface area contributed by atoms with Crippen LogP contribution in [0.1, 0.15) is 36.8 Å². The van der Waals surface area contributed by atoms with Crippen LogP contribution in [-0.2, 0) is 17.9 Å². The number of alkyl halides is 3. The maximum Gasteiger partial charge on any atom is 0.392 e. The molecular formula is C18H25F3N2O. The summed E-state index contributed by atoms with van der Waals surface area (Å²) in [6, 6.07) is 7.67. The largest absolute Gasteiger partial charge is 0.392 e. The van der Waals surface area contributed by atoms with Gasteiger partial charge in [0, 0.05) is 19.0 Å². The molecule has 0 saturated heterocycles. The fourth-order valence-electron chi connectivity index (χ4n) is 3.37. The van der Waals surface area contributed by atoms with E-state index in [4.69, 9.17) is 0 Å². The molecule has 1 aromatic carbocycles. The standard InChI is InChI=1S/C18H25F3N2O/c1-23(2)12-14-8-4-3-7-13(14)11-22-17(24)15-9-5-6-10-16(15)18(19,20)21/h3-4,7-8,15-16H,5-6,9-12H2,1-2H3,(H,22,24)/t15-,16+/m0/s1. The summed E-state index contributed by atoms with van der Waals surface area (Å²) in [7, 11) is 3.90. The van der Waals surface area contributed by atoms with Gasteiger partial charge in [-0.15, -0.1) is 0 Å². The molecule has 1 N–H and O–H groups in total. The van der Waals surface area contributed by atoms with Crippen LogP contribution in [0.3, 0.4) is 0 Å². The van der Waals surface area contributed by atoms with Gasteiger partial charge in [0.2, 0.25) is 5.91 Å². The molecule has 1 fully saturated rings. The predicted molar refractivity (Wildman–Crippen MR) is 87.2 cm³/mol. The highest BCUT2D eigenvalue weighted by Crippen LogP contribution is 2.41.